The summed E-state index contributed by atoms with van der Waals surface area (Å²) in [7, 11) is -4.35. The van der Waals surface area contributed by atoms with Gasteiger partial charge < -0.3 is 4.74 Å². The molecule has 1 N–H and O–H groups in total. The highest BCUT2D eigenvalue weighted by molar-refractivity contribution is 9.10. The maximum absolute atomic E-state index is 13.5. The van der Waals surface area contributed by atoms with Crippen molar-refractivity contribution in [1.29, 1.82) is 0 Å². The minimum atomic E-state index is -4.73. The highest BCUT2D eigenvalue weighted by Gasteiger charge is 2.35. The number of ether oxygens (including phenoxy) is 1. The summed E-state index contributed by atoms with van der Waals surface area (Å²) in [5, 5.41) is 3.71. The number of hydrogen-bond acceptors (Lipinski definition) is 6. The molecule has 0 aliphatic heterocycles. The zero-order valence-electron chi connectivity index (χ0n) is 19.1. The van der Waals surface area contributed by atoms with Crippen molar-refractivity contribution in [3.63, 3.8) is 0 Å². The van der Waals surface area contributed by atoms with E-state index in [1.54, 1.807) is 31.2 Å². The first kappa shape index (κ1) is 27.4. The van der Waals surface area contributed by atoms with Crippen LogP contribution in [-0.2, 0) is 37.1 Å². The molecule has 0 saturated carbocycles. The molecule has 192 valence electrons. The first-order chi connectivity index (χ1) is 16.9. The molecule has 8 nitrogen and oxygen atoms in total. The molecular formula is C23H21BrF3N3O5S. The minimum Gasteiger partial charge on any atom is -0.461 e. The smallest absolute Gasteiger partial charge is 0.435 e. The van der Waals surface area contributed by atoms with Gasteiger partial charge in [-0.05, 0) is 36.4 Å². The average Bonchev–Trinajstić information content (AvgIpc) is 3.28. The summed E-state index contributed by atoms with van der Waals surface area (Å²) in [6.45, 7) is 2.53. The molecule has 0 unspecified atom stereocenters. The lowest BCUT2D eigenvalue weighted by Crippen LogP contribution is -2.30. The van der Waals surface area contributed by atoms with Gasteiger partial charge in [-0.15, -0.1) is 0 Å². The summed E-state index contributed by atoms with van der Waals surface area (Å²) >= 11 is 3.28. The molecule has 3 rings (SSSR count). The van der Waals surface area contributed by atoms with Crippen molar-refractivity contribution in [2.45, 2.75) is 44.4 Å². The largest absolute Gasteiger partial charge is 0.461 e. The van der Waals surface area contributed by atoms with Crippen LogP contribution in [0.4, 0.5) is 13.2 Å². The standard InChI is InChI=1S/C23H21BrF3N3O5S/c1-3-21(31)29-36(33,34)19-10-9-17(11-15(19)13-35-22(32)4-2)30-18(12-20(28-30)23(25,26)27)14-5-7-16(24)8-6-14/h5-12H,3-4,13H2,1-2H3,(H,29,31). The average molecular weight is 588 g/mol. The van der Waals surface area contributed by atoms with E-state index in [-0.39, 0.29) is 34.7 Å². The Morgan fingerprint density at radius 1 is 1.06 bits per heavy atom. The van der Waals surface area contributed by atoms with Gasteiger partial charge in [0, 0.05) is 28.4 Å². The van der Waals surface area contributed by atoms with Gasteiger partial charge >= 0.3 is 12.1 Å². The molecule has 0 fully saturated rings. The van der Waals surface area contributed by atoms with Crippen LogP contribution in [0.5, 0.6) is 0 Å². The Labute approximate surface area is 213 Å². The molecular weight excluding hydrogens is 567 g/mol. The third-order valence-corrected chi connectivity index (χ3v) is 6.97. The van der Waals surface area contributed by atoms with Gasteiger partial charge in [-0.25, -0.2) is 17.8 Å². The predicted molar refractivity (Wildman–Crippen MR) is 127 cm³/mol. The number of amides is 1. The number of carbonyl (C=O) groups is 2. The second-order valence-corrected chi connectivity index (χ2v) is 10.1. The molecule has 0 aliphatic carbocycles. The maximum atomic E-state index is 13.5. The van der Waals surface area contributed by atoms with Gasteiger partial charge in [-0.1, -0.05) is 41.9 Å². The molecule has 36 heavy (non-hydrogen) atoms. The molecule has 2 aromatic carbocycles. The topological polar surface area (TPSA) is 107 Å². The van der Waals surface area contributed by atoms with E-state index in [2.05, 4.69) is 21.0 Å². The van der Waals surface area contributed by atoms with Crippen LogP contribution >= 0.6 is 15.9 Å². The lowest BCUT2D eigenvalue weighted by Gasteiger charge is -2.15. The van der Waals surface area contributed by atoms with E-state index in [4.69, 9.17) is 4.74 Å². The summed E-state index contributed by atoms with van der Waals surface area (Å²) in [6.07, 6.45) is -4.81. The normalized spacial score (nSPS) is 11.8. The van der Waals surface area contributed by atoms with Crippen LogP contribution < -0.4 is 4.72 Å². The second kappa shape index (κ2) is 10.8. The Balaban J connectivity index is 2.19. The summed E-state index contributed by atoms with van der Waals surface area (Å²) in [4.78, 5) is 23.1. The number of alkyl halides is 3. The van der Waals surface area contributed by atoms with Crippen LogP contribution in [-0.4, -0.2) is 30.1 Å². The lowest BCUT2D eigenvalue weighted by atomic mass is 10.1. The molecule has 1 aromatic heterocycles. The molecule has 1 heterocycles. The molecule has 0 aliphatic rings. The molecule has 0 bridgehead atoms. The summed E-state index contributed by atoms with van der Waals surface area (Å²) in [6, 6.07) is 11.0. The number of nitrogens with zero attached hydrogens (tertiary/aromatic N) is 2. The quantitative estimate of drug-likeness (QED) is 0.372. The van der Waals surface area contributed by atoms with Crippen molar-refractivity contribution in [3.8, 4) is 16.9 Å². The fourth-order valence-corrected chi connectivity index (χ4v) is 4.68. The first-order valence-corrected chi connectivity index (χ1v) is 12.9. The van der Waals surface area contributed by atoms with Crippen LogP contribution in [0.3, 0.4) is 0 Å². The molecule has 0 radical (unpaired) electrons. The van der Waals surface area contributed by atoms with Gasteiger partial charge in [0.2, 0.25) is 5.91 Å². The third kappa shape index (κ3) is 6.32. The number of rotatable bonds is 8. The van der Waals surface area contributed by atoms with Crippen LogP contribution in [0.2, 0.25) is 0 Å². The van der Waals surface area contributed by atoms with E-state index in [1.807, 2.05) is 4.72 Å². The van der Waals surface area contributed by atoms with Crippen LogP contribution in [0, 0.1) is 0 Å². The van der Waals surface area contributed by atoms with Gasteiger partial charge in [0.05, 0.1) is 16.3 Å². The van der Waals surface area contributed by atoms with Gasteiger partial charge in [-0.3, -0.25) is 9.59 Å². The van der Waals surface area contributed by atoms with Gasteiger partial charge in [-0.2, -0.15) is 18.3 Å². The number of hydrogen-bond donors (Lipinski definition) is 1. The molecule has 1 amide bonds. The van der Waals surface area contributed by atoms with Crippen LogP contribution in [0.1, 0.15) is 37.9 Å². The molecule has 13 heteroatoms. The van der Waals surface area contributed by atoms with Gasteiger partial charge in [0.25, 0.3) is 10.0 Å². The molecule has 0 atom stereocenters. The summed E-state index contributed by atoms with van der Waals surface area (Å²) in [5.74, 6) is -1.37. The second-order valence-electron chi connectivity index (χ2n) is 7.52. The van der Waals surface area contributed by atoms with E-state index in [9.17, 15) is 31.2 Å². The number of sulfonamides is 1. The Morgan fingerprint density at radius 2 is 1.72 bits per heavy atom. The monoisotopic (exact) mass is 587 g/mol. The van der Waals surface area contributed by atoms with Gasteiger partial charge in [0.1, 0.15) is 6.61 Å². The zero-order chi connectivity index (χ0) is 26.7. The zero-order valence-corrected chi connectivity index (χ0v) is 21.5. The number of halogens is 4. The maximum Gasteiger partial charge on any atom is 0.435 e. The van der Waals surface area contributed by atoms with Crippen molar-refractivity contribution < 1.29 is 35.9 Å². The number of benzene rings is 2. The fourth-order valence-electron chi connectivity index (χ4n) is 3.15. The summed E-state index contributed by atoms with van der Waals surface area (Å²) < 4.78 is 74.9. The Morgan fingerprint density at radius 3 is 2.31 bits per heavy atom. The van der Waals surface area contributed by atoms with E-state index in [1.165, 1.54) is 19.1 Å². The number of carbonyl (C=O) groups excluding carboxylic acids is 2. The molecule has 0 saturated heterocycles. The molecule has 0 spiro atoms. The fraction of sp³-hybridized carbons (Fsp3) is 0.261. The highest BCUT2D eigenvalue weighted by atomic mass is 79.9. The van der Waals surface area contributed by atoms with Crippen molar-refractivity contribution >= 4 is 37.8 Å². The van der Waals surface area contributed by atoms with Crippen LogP contribution in [0.25, 0.3) is 16.9 Å². The van der Waals surface area contributed by atoms with Crippen LogP contribution in [0.15, 0.2) is 57.9 Å². The van der Waals surface area contributed by atoms with Crippen molar-refractivity contribution in [2.24, 2.45) is 0 Å². The molecule has 3 aromatic rings. The predicted octanol–water partition coefficient (Wildman–Crippen LogP) is 4.99. The Kier molecular flexibility index (Phi) is 8.24. The number of esters is 1. The lowest BCUT2D eigenvalue weighted by molar-refractivity contribution is -0.144. The summed E-state index contributed by atoms with van der Waals surface area (Å²) in [5.41, 5.74) is -0.581. The highest BCUT2D eigenvalue weighted by Crippen LogP contribution is 2.34. The number of nitrogens with one attached hydrogen (secondary N) is 1. The van der Waals surface area contributed by atoms with E-state index < -0.39 is 40.4 Å². The minimum absolute atomic E-state index is 0.0240. The van der Waals surface area contributed by atoms with Gasteiger partial charge in [0.15, 0.2) is 5.69 Å². The van der Waals surface area contributed by atoms with Crippen molar-refractivity contribution in [1.82, 2.24) is 14.5 Å². The number of aromatic nitrogens is 2. The Bertz CT molecular complexity index is 1390. The van der Waals surface area contributed by atoms with E-state index >= 15 is 0 Å². The third-order valence-electron chi connectivity index (χ3n) is 4.96. The van der Waals surface area contributed by atoms with Crippen molar-refractivity contribution in [2.75, 3.05) is 0 Å². The first-order valence-electron chi connectivity index (χ1n) is 10.6. The van der Waals surface area contributed by atoms with Crippen molar-refractivity contribution in [3.05, 3.63) is 64.3 Å². The van der Waals surface area contributed by atoms with E-state index in [0.717, 1.165) is 21.3 Å². The Hall–Kier alpha value is -3.19. The SMILES string of the molecule is CCC(=O)NS(=O)(=O)c1ccc(-n2nc(C(F)(F)F)cc2-c2ccc(Br)cc2)cc1COC(=O)CC. The van der Waals surface area contributed by atoms with E-state index in [0.29, 0.717) is 5.56 Å².